The molecule has 11 heteroatoms. The number of hydrogen-bond donors (Lipinski definition) is 2. The van der Waals surface area contributed by atoms with Crippen LogP contribution in [0.1, 0.15) is 12.5 Å². The number of hydrazone groups is 1. The zero-order valence-electron chi connectivity index (χ0n) is 15.3. The molecule has 0 atom stereocenters. The number of benzene rings is 2. The molecule has 0 spiro atoms. The molecule has 2 aromatic carbocycles. The largest absolute Gasteiger partial charge is 0.350 e. The number of aromatic nitrogens is 3. The number of primary amides is 1. The highest BCUT2D eigenvalue weighted by Crippen LogP contribution is 2.33. The molecule has 0 unspecified atom stereocenters. The molecule has 0 saturated heterocycles. The number of urea groups is 1. The molecule has 0 fully saturated rings. The summed E-state index contributed by atoms with van der Waals surface area (Å²) in [4.78, 5) is 22.1. The van der Waals surface area contributed by atoms with E-state index in [1.807, 2.05) is 41.8 Å². The van der Waals surface area contributed by atoms with E-state index in [0.29, 0.717) is 22.2 Å². The van der Waals surface area contributed by atoms with Crippen LogP contribution in [0.5, 0.6) is 0 Å². The number of carbonyl (C=O) groups excluding carboxylic acids is 1. The van der Waals surface area contributed by atoms with Crippen molar-refractivity contribution >= 4 is 29.7 Å². The summed E-state index contributed by atoms with van der Waals surface area (Å²) in [5.41, 5.74) is 8.34. The zero-order valence-corrected chi connectivity index (χ0v) is 16.2. The van der Waals surface area contributed by atoms with E-state index in [0.717, 1.165) is 11.4 Å². The average molecular weight is 411 g/mol. The summed E-state index contributed by atoms with van der Waals surface area (Å²) >= 11 is 1.29. The molecule has 10 nitrogen and oxygen atoms in total. The number of hydrogen-bond acceptors (Lipinski definition) is 7. The predicted octanol–water partition coefficient (Wildman–Crippen LogP) is 3.03. The lowest BCUT2D eigenvalue weighted by Crippen LogP contribution is -2.24. The predicted molar refractivity (Wildman–Crippen MR) is 109 cm³/mol. The molecule has 0 radical (unpaired) electrons. The Balaban J connectivity index is 1.97. The van der Waals surface area contributed by atoms with Gasteiger partial charge in [0.1, 0.15) is 0 Å². The van der Waals surface area contributed by atoms with E-state index in [4.69, 9.17) is 5.73 Å². The number of nitro benzene ring substituents is 1. The summed E-state index contributed by atoms with van der Waals surface area (Å²) in [7, 11) is 0. The van der Waals surface area contributed by atoms with Crippen LogP contribution < -0.4 is 11.2 Å². The van der Waals surface area contributed by atoms with Gasteiger partial charge in [-0.15, -0.1) is 10.2 Å². The van der Waals surface area contributed by atoms with Gasteiger partial charge in [-0.2, -0.15) is 5.10 Å². The molecule has 29 heavy (non-hydrogen) atoms. The summed E-state index contributed by atoms with van der Waals surface area (Å²) in [5.74, 6) is 0.725. The van der Waals surface area contributed by atoms with Crippen molar-refractivity contribution in [3.63, 3.8) is 0 Å². The first kappa shape index (κ1) is 20.0. The molecule has 3 rings (SSSR count). The van der Waals surface area contributed by atoms with Crippen LogP contribution in [0.4, 0.5) is 10.5 Å². The number of nitrogens with two attached hydrogens (primary N) is 1. The van der Waals surface area contributed by atoms with Gasteiger partial charge >= 0.3 is 6.03 Å². The Morgan fingerprint density at radius 3 is 2.72 bits per heavy atom. The quantitative estimate of drug-likeness (QED) is 0.348. The van der Waals surface area contributed by atoms with Crippen LogP contribution in [0, 0.1) is 10.1 Å². The summed E-state index contributed by atoms with van der Waals surface area (Å²) in [5, 5.41) is 24.0. The van der Waals surface area contributed by atoms with Gasteiger partial charge in [-0.05, 0) is 24.8 Å². The van der Waals surface area contributed by atoms with E-state index in [2.05, 4.69) is 20.7 Å². The SMILES string of the molecule is CCn1c(Sc2ccc([N+](=O)[O-])cc2/C=N\NC(N)=O)nnc1-c1ccccc1. The lowest BCUT2D eigenvalue weighted by Gasteiger charge is -2.09. The molecule has 0 aliphatic rings. The van der Waals surface area contributed by atoms with Crippen molar-refractivity contribution < 1.29 is 9.72 Å². The maximum absolute atomic E-state index is 11.1. The van der Waals surface area contributed by atoms with E-state index < -0.39 is 11.0 Å². The van der Waals surface area contributed by atoms with Gasteiger partial charge in [0.05, 0.1) is 11.1 Å². The van der Waals surface area contributed by atoms with Gasteiger partial charge in [0.2, 0.25) is 0 Å². The molecular weight excluding hydrogens is 394 g/mol. The van der Waals surface area contributed by atoms with Crippen molar-refractivity contribution in [3.8, 4) is 11.4 Å². The van der Waals surface area contributed by atoms with Gasteiger partial charge in [0, 0.05) is 34.7 Å². The fourth-order valence-electron chi connectivity index (χ4n) is 2.56. The second kappa shape index (κ2) is 8.97. The molecule has 1 heterocycles. The smallest absolute Gasteiger partial charge is 0.332 e. The van der Waals surface area contributed by atoms with Gasteiger partial charge in [-0.3, -0.25) is 10.1 Å². The third-order valence-electron chi connectivity index (χ3n) is 3.85. The van der Waals surface area contributed by atoms with Crippen LogP contribution in [0.15, 0.2) is 63.7 Å². The molecule has 3 aromatic rings. The first-order valence-corrected chi connectivity index (χ1v) is 9.34. The highest BCUT2D eigenvalue weighted by Gasteiger charge is 2.17. The Morgan fingerprint density at radius 1 is 1.31 bits per heavy atom. The van der Waals surface area contributed by atoms with Gasteiger partial charge in [-0.1, -0.05) is 30.3 Å². The van der Waals surface area contributed by atoms with Gasteiger partial charge in [0.25, 0.3) is 5.69 Å². The van der Waals surface area contributed by atoms with Crippen molar-refractivity contribution in [2.75, 3.05) is 0 Å². The van der Waals surface area contributed by atoms with E-state index in [1.165, 1.54) is 30.1 Å². The van der Waals surface area contributed by atoms with Crippen molar-refractivity contribution in [2.24, 2.45) is 10.8 Å². The number of nitro groups is 1. The minimum absolute atomic E-state index is 0.100. The van der Waals surface area contributed by atoms with Gasteiger partial charge in [-0.25, -0.2) is 10.2 Å². The lowest BCUT2D eigenvalue weighted by atomic mass is 10.2. The number of amides is 2. The molecule has 0 aliphatic carbocycles. The number of nitrogens with one attached hydrogen (secondary N) is 1. The van der Waals surface area contributed by atoms with Crippen LogP contribution in [0.25, 0.3) is 11.4 Å². The van der Waals surface area contributed by atoms with E-state index in [1.54, 1.807) is 6.07 Å². The minimum atomic E-state index is -0.834. The second-order valence-corrected chi connectivity index (χ2v) is 6.74. The monoisotopic (exact) mass is 411 g/mol. The van der Waals surface area contributed by atoms with Crippen molar-refractivity contribution in [3.05, 3.63) is 64.2 Å². The van der Waals surface area contributed by atoms with Crippen LogP contribution in [-0.2, 0) is 6.54 Å². The van der Waals surface area contributed by atoms with Crippen molar-refractivity contribution in [1.82, 2.24) is 20.2 Å². The van der Waals surface area contributed by atoms with Gasteiger partial charge < -0.3 is 10.3 Å². The molecule has 148 valence electrons. The maximum Gasteiger partial charge on any atom is 0.332 e. The Labute approximate surface area is 170 Å². The molecule has 0 bridgehead atoms. The Kier molecular flexibility index (Phi) is 6.19. The third-order valence-corrected chi connectivity index (χ3v) is 4.93. The van der Waals surface area contributed by atoms with Crippen LogP contribution in [0.2, 0.25) is 0 Å². The first-order valence-electron chi connectivity index (χ1n) is 8.53. The Hall–Kier alpha value is -3.73. The topological polar surface area (TPSA) is 141 Å². The summed E-state index contributed by atoms with van der Waals surface area (Å²) < 4.78 is 1.95. The highest BCUT2D eigenvalue weighted by molar-refractivity contribution is 7.99. The summed E-state index contributed by atoms with van der Waals surface area (Å²) in [6, 6.07) is 13.2. The molecule has 3 N–H and O–H groups in total. The van der Waals surface area contributed by atoms with Crippen molar-refractivity contribution in [2.45, 2.75) is 23.5 Å². The standard InChI is InChI=1S/C18H17N7O3S/c1-2-24-16(12-6-4-3-5-7-12)21-23-18(24)29-15-9-8-14(25(27)28)10-13(15)11-20-22-17(19)26/h3-11H,2H2,1H3,(H3,19,22,26)/b20-11-. The Bertz CT molecular complexity index is 1070. The van der Waals surface area contributed by atoms with E-state index in [9.17, 15) is 14.9 Å². The summed E-state index contributed by atoms with van der Waals surface area (Å²) in [6.07, 6.45) is 1.30. The maximum atomic E-state index is 11.1. The number of rotatable bonds is 7. The highest BCUT2D eigenvalue weighted by atomic mass is 32.2. The van der Waals surface area contributed by atoms with Crippen LogP contribution in [-0.4, -0.2) is 31.9 Å². The Morgan fingerprint density at radius 2 is 2.07 bits per heavy atom. The van der Waals surface area contributed by atoms with Crippen LogP contribution in [0.3, 0.4) is 0 Å². The minimum Gasteiger partial charge on any atom is -0.350 e. The fraction of sp³-hybridized carbons (Fsp3) is 0.111. The number of carbonyl (C=O) groups is 1. The average Bonchev–Trinajstić information content (AvgIpc) is 3.12. The van der Waals surface area contributed by atoms with Crippen LogP contribution >= 0.6 is 11.8 Å². The molecule has 1 aromatic heterocycles. The van der Waals surface area contributed by atoms with E-state index in [-0.39, 0.29) is 5.69 Å². The fourth-order valence-corrected chi connectivity index (χ4v) is 3.53. The zero-order chi connectivity index (χ0) is 20.8. The summed E-state index contributed by atoms with van der Waals surface area (Å²) in [6.45, 7) is 2.62. The van der Waals surface area contributed by atoms with E-state index >= 15 is 0 Å². The molecule has 2 amide bonds. The van der Waals surface area contributed by atoms with Gasteiger partial charge in [0.15, 0.2) is 11.0 Å². The number of nitrogens with zero attached hydrogens (tertiary/aromatic N) is 5. The lowest BCUT2D eigenvalue weighted by molar-refractivity contribution is -0.384. The molecule has 0 aliphatic heterocycles. The molecular formula is C18H17N7O3S. The normalized spacial score (nSPS) is 10.9. The first-order chi connectivity index (χ1) is 14.0. The third kappa shape index (κ3) is 4.76. The second-order valence-electron chi connectivity index (χ2n) is 5.73. The molecule has 0 saturated carbocycles. The van der Waals surface area contributed by atoms with Crippen molar-refractivity contribution in [1.29, 1.82) is 0 Å². The number of non-ortho nitro benzene ring substituents is 1.